The molecule has 1 fully saturated rings. The fourth-order valence-corrected chi connectivity index (χ4v) is 1.29. The van der Waals surface area contributed by atoms with E-state index in [-0.39, 0.29) is 6.10 Å². The fourth-order valence-electron chi connectivity index (χ4n) is 1.29. The fraction of sp³-hybridized carbons (Fsp3) is 1.00. The first-order valence-electron chi connectivity index (χ1n) is 3.40. The van der Waals surface area contributed by atoms with E-state index in [1.165, 1.54) is 6.42 Å². The summed E-state index contributed by atoms with van der Waals surface area (Å²) in [4.78, 5) is 0. The first kappa shape index (κ1) is 6.09. The van der Waals surface area contributed by atoms with Crippen LogP contribution in [-0.4, -0.2) is 11.2 Å². The highest BCUT2D eigenvalue weighted by molar-refractivity contribution is 4.81. The second-order valence-electron chi connectivity index (χ2n) is 3.05. The normalized spacial score (nSPS) is 37.5. The molecule has 8 heavy (non-hydrogen) atoms. The molecule has 1 N–H and O–H groups in total. The molecule has 0 radical (unpaired) electrons. The molecule has 0 saturated heterocycles. The largest absolute Gasteiger partial charge is 0.393 e. The topological polar surface area (TPSA) is 20.2 Å². The van der Waals surface area contributed by atoms with Crippen molar-refractivity contribution in [2.24, 2.45) is 11.8 Å². The van der Waals surface area contributed by atoms with E-state index < -0.39 is 0 Å². The molecule has 1 heteroatoms. The van der Waals surface area contributed by atoms with E-state index in [2.05, 4.69) is 13.8 Å². The molecule has 0 aromatic rings. The second kappa shape index (κ2) is 2.06. The van der Waals surface area contributed by atoms with Crippen LogP contribution in [0.25, 0.3) is 0 Å². The van der Waals surface area contributed by atoms with Crippen molar-refractivity contribution in [3.63, 3.8) is 0 Å². The molecule has 1 aliphatic carbocycles. The highest BCUT2D eigenvalue weighted by Crippen LogP contribution is 2.33. The standard InChI is InChI=1S/C7H14O/c1-5(2)6-3-4-7(6)8/h5-8H,3-4H2,1-2H3/t6-,7+/m0/s1. The number of aliphatic hydroxyl groups is 1. The Kier molecular flexibility index (Phi) is 1.57. The Balaban J connectivity index is 2.26. The minimum atomic E-state index is 0.0231. The molecule has 0 unspecified atom stereocenters. The van der Waals surface area contributed by atoms with Gasteiger partial charge in [-0.3, -0.25) is 0 Å². The summed E-state index contributed by atoms with van der Waals surface area (Å²) < 4.78 is 0. The summed E-state index contributed by atoms with van der Waals surface area (Å²) in [6.07, 6.45) is 2.29. The van der Waals surface area contributed by atoms with Gasteiger partial charge in [-0.15, -0.1) is 0 Å². The zero-order valence-electron chi connectivity index (χ0n) is 5.59. The van der Waals surface area contributed by atoms with Crippen LogP contribution in [0.5, 0.6) is 0 Å². The molecule has 1 rings (SSSR count). The molecule has 0 aromatic heterocycles. The average molecular weight is 114 g/mol. The highest BCUT2D eigenvalue weighted by Gasteiger charge is 2.30. The van der Waals surface area contributed by atoms with Crippen LogP contribution in [0.2, 0.25) is 0 Å². The van der Waals surface area contributed by atoms with E-state index in [9.17, 15) is 0 Å². The SMILES string of the molecule is CC(C)[C@@H]1CC[C@H]1O. The summed E-state index contributed by atoms with van der Waals surface area (Å²) in [6, 6.07) is 0. The monoisotopic (exact) mass is 114 g/mol. The Hall–Kier alpha value is -0.0400. The van der Waals surface area contributed by atoms with E-state index in [0.717, 1.165) is 6.42 Å². The van der Waals surface area contributed by atoms with E-state index >= 15 is 0 Å². The quantitative estimate of drug-likeness (QED) is 0.546. The van der Waals surface area contributed by atoms with Gasteiger partial charge in [-0.25, -0.2) is 0 Å². The predicted octanol–water partition coefficient (Wildman–Crippen LogP) is 1.41. The van der Waals surface area contributed by atoms with Crippen LogP contribution < -0.4 is 0 Å². The Morgan fingerprint density at radius 1 is 1.38 bits per heavy atom. The molecule has 2 atom stereocenters. The molecule has 0 bridgehead atoms. The maximum atomic E-state index is 9.08. The Labute approximate surface area is 50.7 Å². The maximum absolute atomic E-state index is 9.08. The van der Waals surface area contributed by atoms with Crippen molar-refractivity contribution in [3.05, 3.63) is 0 Å². The van der Waals surface area contributed by atoms with Gasteiger partial charge in [0.05, 0.1) is 6.10 Å². The summed E-state index contributed by atoms with van der Waals surface area (Å²) in [6.45, 7) is 4.35. The van der Waals surface area contributed by atoms with Gasteiger partial charge < -0.3 is 5.11 Å². The van der Waals surface area contributed by atoms with Crippen LogP contribution in [0.1, 0.15) is 26.7 Å². The molecule has 1 nitrogen and oxygen atoms in total. The van der Waals surface area contributed by atoms with Crippen LogP contribution in [0.3, 0.4) is 0 Å². The van der Waals surface area contributed by atoms with Gasteiger partial charge in [0.25, 0.3) is 0 Å². The molecule has 1 saturated carbocycles. The van der Waals surface area contributed by atoms with E-state index in [4.69, 9.17) is 5.11 Å². The Morgan fingerprint density at radius 2 is 2.00 bits per heavy atom. The molecule has 48 valence electrons. The summed E-state index contributed by atoms with van der Waals surface area (Å²) in [5.74, 6) is 1.29. The van der Waals surface area contributed by atoms with Crippen molar-refractivity contribution in [1.29, 1.82) is 0 Å². The van der Waals surface area contributed by atoms with Gasteiger partial charge in [0, 0.05) is 0 Å². The number of hydrogen-bond donors (Lipinski definition) is 1. The van der Waals surface area contributed by atoms with Crippen molar-refractivity contribution in [2.75, 3.05) is 0 Å². The van der Waals surface area contributed by atoms with Crippen molar-refractivity contribution < 1.29 is 5.11 Å². The third-order valence-electron chi connectivity index (χ3n) is 2.15. The van der Waals surface area contributed by atoms with Gasteiger partial charge >= 0.3 is 0 Å². The van der Waals surface area contributed by atoms with Gasteiger partial charge in [0.15, 0.2) is 0 Å². The van der Waals surface area contributed by atoms with Crippen LogP contribution >= 0.6 is 0 Å². The van der Waals surface area contributed by atoms with Gasteiger partial charge in [-0.05, 0) is 24.7 Å². The third-order valence-corrected chi connectivity index (χ3v) is 2.15. The summed E-state index contributed by atoms with van der Waals surface area (Å²) >= 11 is 0. The lowest BCUT2D eigenvalue weighted by molar-refractivity contribution is -0.00118. The lowest BCUT2D eigenvalue weighted by atomic mass is 9.75. The Bertz CT molecular complexity index is 73.7. The molecule has 0 spiro atoms. The second-order valence-corrected chi connectivity index (χ2v) is 3.05. The van der Waals surface area contributed by atoms with Crippen molar-refractivity contribution in [1.82, 2.24) is 0 Å². The van der Waals surface area contributed by atoms with Gasteiger partial charge in [0.1, 0.15) is 0 Å². The minimum absolute atomic E-state index is 0.0231. The molecule has 0 amide bonds. The molecule has 0 aliphatic heterocycles. The van der Waals surface area contributed by atoms with Gasteiger partial charge in [-0.2, -0.15) is 0 Å². The summed E-state index contributed by atoms with van der Waals surface area (Å²) in [5, 5.41) is 9.08. The molecule has 0 aromatic carbocycles. The van der Waals surface area contributed by atoms with E-state index in [1.807, 2.05) is 0 Å². The molecule has 0 heterocycles. The molecule has 1 aliphatic rings. The minimum Gasteiger partial charge on any atom is -0.393 e. The molecular formula is C7H14O. The predicted molar refractivity (Wildman–Crippen MR) is 33.6 cm³/mol. The van der Waals surface area contributed by atoms with Crippen LogP contribution in [0.15, 0.2) is 0 Å². The van der Waals surface area contributed by atoms with E-state index in [0.29, 0.717) is 11.8 Å². The number of hydrogen-bond acceptors (Lipinski definition) is 1. The number of rotatable bonds is 1. The van der Waals surface area contributed by atoms with Crippen molar-refractivity contribution in [2.45, 2.75) is 32.8 Å². The summed E-state index contributed by atoms with van der Waals surface area (Å²) in [5.41, 5.74) is 0. The zero-order chi connectivity index (χ0) is 6.15. The van der Waals surface area contributed by atoms with Gasteiger partial charge in [-0.1, -0.05) is 13.8 Å². The van der Waals surface area contributed by atoms with Crippen LogP contribution in [-0.2, 0) is 0 Å². The maximum Gasteiger partial charge on any atom is 0.0571 e. The summed E-state index contributed by atoms with van der Waals surface area (Å²) in [7, 11) is 0. The first-order chi connectivity index (χ1) is 3.72. The van der Waals surface area contributed by atoms with Crippen LogP contribution in [0, 0.1) is 11.8 Å². The Morgan fingerprint density at radius 3 is 2.00 bits per heavy atom. The van der Waals surface area contributed by atoms with Crippen LogP contribution in [0.4, 0.5) is 0 Å². The smallest absolute Gasteiger partial charge is 0.0571 e. The van der Waals surface area contributed by atoms with Gasteiger partial charge in [0.2, 0.25) is 0 Å². The van der Waals surface area contributed by atoms with E-state index in [1.54, 1.807) is 0 Å². The lowest BCUT2D eigenvalue weighted by Gasteiger charge is -2.35. The number of aliphatic hydroxyl groups excluding tert-OH is 1. The lowest BCUT2D eigenvalue weighted by Crippen LogP contribution is -2.34. The first-order valence-corrected chi connectivity index (χ1v) is 3.40. The molecular weight excluding hydrogens is 100 g/mol. The van der Waals surface area contributed by atoms with Crippen molar-refractivity contribution >= 4 is 0 Å². The third kappa shape index (κ3) is 0.873. The van der Waals surface area contributed by atoms with Crippen molar-refractivity contribution in [3.8, 4) is 0 Å². The average Bonchev–Trinajstić information content (AvgIpc) is 1.61. The zero-order valence-corrected chi connectivity index (χ0v) is 5.59. The highest BCUT2D eigenvalue weighted by atomic mass is 16.3.